The van der Waals surface area contributed by atoms with E-state index in [0.717, 1.165) is 5.95 Å². The van der Waals surface area contributed by atoms with E-state index in [-0.39, 0.29) is 5.66 Å². The number of fused-ring (bicyclic) bond motifs is 5. The van der Waals surface area contributed by atoms with Gasteiger partial charge in [0.15, 0.2) is 0 Å². The van der Waals surface area contributed by atoms with E-state index in [1.54, 1.807) is 0 Å². The first-order valence-corrected chi connectivity index (χ1v) is 10.4. The molecular formula is C26H24N4. The van der Waals surface area contributed by atoms with Gasteiger partial charge in [0.05, 0.1) is 16.7 Å². The Morgan fingerprint density at radius 1 is 0.800 bits per heavy atom. The van der Waals surface area contributed by atoms with Crippen molar-refractivity contribution >= 4 is 33.2 Å². The normalized spacial score (nSPS) is 14.9. The number of aromatic nitrogens is 3. The average Bonchev–Trinajstić information content (AvgIpc) is 3.32. The van der Waals surface area contributed by atoms with E-state index in [1.807, 2.05) is 6.20 Å². The lowest BCUT2D eigenvalue weighted by molar-refractivity contribution is 0.364. The van der Waals surface area contributed by atoms with Crippen molar-refractivity contribution in [1.29, 1.82) is 0 Å². The van der Waals surface area contributed by atoms with Crippen molar-refractivity contribution < 1.29 is 0 Å². The molecule has 0 saturated carbocycles. The van der Waals surface area contributed by atoms with Crippen LogP contribution >= 0.6 is 0 Å². The second-order valence-corrected chi connectivity index (χ2v) is 8.69. The van der Waals surface area contributed by atoms with Crippen molar-refractivity contribution in [2.45, 2.75) is 33.4 Å². The summed E-state index contributed by atoms with van der Waals surface area (Å²) in [7, 11) is 0. The quantitative estimate of drug-likeness (QED) is 0.328. The molecule has 0 amide bonds. The van der Waals surface area contributed by atoms with Crippen LogP contribution in [0.5, 0.6) is 0 Å². The molecule has 1 aliphatic heterocycles. The summed E-state index contributed by atoms with van der Waals surface area (Å²) in [5.74, 6) is 0.951. The Kier molecular flexibility index (Phi) is 3.33. The molecule has 0 aliphatic carbocycles. The van der Waals surface area contributed by atoms with Crippen molar-refractivity contribution in [3.8, 4) is 5.95 Å². The summed E-state index contributed by atoms with van der Waals surface area (Å²) in [5.41, 5.74) is 7.05. The Hall–Kier alpha value is -3.53. The number of aryl methyl sites for hydroxylation is 2. The van der Waals surface area contributed by atoms with Crippen LogP contribution in [-0.2, 0) is 5.66 Å². The fourth-order valence-electron chi connectivity index (χ4n) is 5.23. The summed E-state index contributed by atoms with van der Waals surface area (Å²) in [6.07, 6.45) is 4.01. The maximum absolute atomic E-state index is 4.83. The summed E-state index contributed by atoms with van der Waals surface area (Å²) in [5, 5.41) is 2.51. The predicted molar refractivity (Wildman–Crippen MR) is 124 cm³/mol. The van der Waals surface area contributed by atoms with E-state index in [9.17, 15) is 0 Å². The lowest BCUT2D eigenvalue weighted by atomic mass is 10.0. The number of imidazole rings is 1. The number of anilines is 2. The molecule has 1 aliphatic rings. The zero-order valence-electron chi connectivity index (χ0n) is 17.7. The Labute approximate surface area is 176 Å². The van der Waals surface area contributed by atoms with E-state index in [0.29, 0.717) is 0 Å². The van der Waals surface area contributed by atoms with Crippen molar-refractivity contribution in [3.63, 3.8) is 0 Å². The summed E-state index contributed by atoms with van der Waals surface area (Å²) < 4.78 is 4.63. The van der Waals surface area contributed by atoms with Crippen LogP contribution in [0.4, 0.5) is 11.4 Å². The average molecular weight is 393 g/mol. The van der Waals surface area contributed by atoms with Crippen molar-refractivity contribution in [3.05, 3.63) is 84.2 Å². The first-order valence-electron chi connectivity index (χ1n) is 10.4. The summed E-state index contributed by atoms with van der Waals surface area (Å²) in [6.45, 7) is 8.96. The molecular weight excluding hydrogens is 368 g/mol. The third-order valence-electron chi connectivity index (χ3n) is 6.54. The molecule has 6 rings (SSSR count). The molecule has 5 aromatic rings. The smallest absolute Gasteiger partial charge is 0.216 e. The fraction of sp³-hybridized carbons (Fsp3) is 0.192. The van der Waals surface area contributed by atoms with Crippen molar-refractivity contribution in [2.24, 2.45) is 0 Å². The second kappa shape index (κ2) is 5.76. The van der Waals surface area contributed by atoms with Crippen LogP contribution in [0.1, 0.15) is 25.0 Å². The molecule has 148 valence electrons. The molecule has 3 heterocycles. The highest BCUT2D eigenvalue weighted by Gasteiger charge is 2.38. The van der Waals surface area contributed by atoms with Crippen LogP contribution in [0.25, 0.3) is 27.8 Å². The molecule has 0 radical (unpaired) electrons. The highest BCUT2D eigenvalue weighted by Crippen LogP contribution is 2.48. The minimum Gasteiger partial charge on any atom is -0.315 e. The Bertz CT molecular complexity index is 1430. The van der Waals surface area contributed by atoms with Crippen LogP contribution in [0.3, 0.4) is 0 Å². The van der Waals surface area contributed by atoms with Crippen LogP contribution in [0.15, 0.2) is 73.1 Å². The third-order valence-corrected chi connectivity index (χ3v) is 6.54. The van der Waals surface area contributed by atoms with E-state index < -0.39 is 0 Å². The monoisotopic (exact) mass is 392 g/mol. The topological polar surface area (TPSA) is 26.0 Å². The third kappa shape index (κ3) is 2.03. The lowest BCUT2D eigenvalue weighted by Gasteiger charge is -2.42. The van der Waals surface area contributed by atoms with Crippen LogP contribution in [-0.4, -0.2) is 14.1 Å². The van der Waals surface area contributed by atoms with Gasteiger partial charge in [0.1, 0.15) is 5.66 Å². The number of rotatable bonds is 1. The Morgan fingerprint density at radius 2 is 1.50 bits per heavy atom. The molecule has 3 aromatic carbocycles. The van der Waals surface area contributed by atoms with Gasteiger partial charge in [0, 0.05) is 28.9 Å². The number of para-hydroxylation sites is 3. The zero-order chi connectivity index (χ0) is 20.6. The maximum atomic E-state index is 4.83. The van der Waals surface area contributed by atoms with Gasteiger partial charge in [-0.15, -0.1) is 0 Å². The number of hydrogen-bond donors (Lipinski definition) is 0. The van der Waals surface area contributed by atoms with Gasteiger partial charge < -0.3 is 4.90 Å². The molecule has 30 heavy (non-hydrogen) atoms. The van der Waals surface area contributed by atoms with Gasteiger partial charge >= 0.3 is 0 Å². The first-order chi connectivity index (χ1) is 14.5. The molecule has 0 spiro atoms. The van der Waals surface area contributed by atoms with Gasteiger partial charge in [-0.3, -0.25) is 9.13 Å². The highest BCUT2D eigenvalue weighted by atomic mass is 15.4. The maximum Gasteiger partial charge on any atom is 0.216 e. The molecule has 0 saturated heterocycles. The Balaban J connectivity index is 1.87. The molecule has 4 nitrogen and oxygen atoms in total. The number of hydrogen-bond acceptors (Lipinski definition) is 2. The van der Waals surface area contributed by atoms with Crippen molar-refractivity contribution in [1.82, 2.24) is 14.1 Å². The van der Waals surface area contributed by atoms with E-state index in [4.69, 9.17) is 4.98 Å². The zero-order valence-corrected chi connectivity index (χ0v) is 17.7. The molecule has 0 bridgehead atoms. The first kappa shape index (κ1) is 17.3. The van der Waals surface area contributed by atoms with Crippen LogP contribution < -0.4 is 4.90 Å². The Morgan fingerprint density at radius 3 is 2.30 bits per heavy atom. The summed E-state index contributed by atoms with van der Waals surface area (Å²) in [6, 6.07) is 21.8. The van der Waals surface area contributed by atoms with Gasteiger partial charge in [-0.25, -0.2) is 4.98 Å². The molecule has 4 heteroatoms. The minimum absolute atomic E-state index is 0.350. The van der Waals surface area contributed by atoms with Gasteiger partial charge in [0.2, 0.25) is 5.95 Å². The lowest BCUT2D eigenvalue weighted by Crippen LogP contribution is -2.43. The second-order valence-electron chi connectivity index (χ2n) is 8.69. The highest BCUT2D eigenvalue weighted by molar-refractivity contribution is 6.14. The number of nitrogens with zero attached hydrogens (tertiary/aromatic N) is 4. The molecule has 2 aromatic heterocycles. The van der Waals surface area contributed by atoms with Gasteiger partial charge in [0.25, 0.3) is 0 Å². The summed E-state index contributed by atoms with van der Waals surface area (Å²) in [4.78, 5) is 7.32. The van der Waals surface area contributed by atoms with Gasteiger partial charge in [-0.05, 0) is 51.0 Å². The van der Waals surface area contributed by atoms with Crippen LogP contribution in [0, 0.1) is 13.8 Å². The molecule has 0 atom stereocenters. The SMILES string of the molecule is Cc1cccc(C)c1N1c2cccc3c4ccccc4n(c23)-c2nccn2C1(C)C. The van der Waals surface area contributed by atoms with E-state index >= 15 is 0 Å². The van der Waals surface area contributed by atoms with Gasteiger partial charge in [-0.2, -0.15) is 0 Å². The van der Waals surface area contributed by atoms with Gasteiger partial charge in [-0.1, -0.05) is 48.5 Å². The fourth-order valence-corrected chi connectivity index (χ4v) is 5.23. The standard InChI is InChI=1S/C26H24N4/c1-17-9-7-10-18(2)23(17)30-22-14-8-12-20-19-11-5-6-13-21(19)29(24(20)22)25-27-15-16-28(25)26(30,3)4/h5-16H,1-4H3. The van der Waals surface area contributed by atoms with E-state index in [2.05, 4.69) is 109 Å². The van der Waals surface area contributed by atoms with E-state index in [1.165, 1.54) is 44.3 Å². The number of benzene rings is 3. The van der Waals surface area contributed by atoms with Crippen LogP contribution in [0.2, 0.25) is 0 Å². The van der Waals surface area contributed by atoms with Crippen molar-refractivity contribution in [2.75, 3.05) is 4.90 Å². The molecule has 0 fully saturated rings. The predicted octanol–water partition coefficient (Wildman–Crippen LogP) is 6.44. The molecule has 0 unspecified atom stereocenters. The largest absolute Gasteiger partial charge is 0.315 e. The summed E-state index contributed by atoms with van der Waals surface area (Å²) >= 11 is 0. The minimum atomic E-state index is -0.350. The molecule has 0 N–H and O–H groups in total.